The summed E-state index contributed by atoms with van der Waals surface area (Å²) in [4.78, 5) is 19.5. The van der Waals surface area contributed by atoms with Crippen molar-refractivity contribution in [1.29, 1.82) is 0 Å². The van der Waals surface area contributed by atoms with Gasteiger partial charge in [-0.25, -0.2) is 4.39 Å². The molecule has 0 bridgehead atoms. The van der Waals surface area contributed by atoms with Gasteiger partial charge in [-0.2, -0.15) is 0 Å². The smallest absolute Gasteiger partial charge is 0.261 e. The van der Waals surface area contributed by atoms with Crippen LogP contribution in [0.25, 0.3) is 0 Å². The van der Waals surface area contributed by atoms with Crippen LogP contribution in [0.3, 0.4) is 0 Å². The number of halogens is 1. The first kappa shape index (κ1) is 21.8. The second-order valence-electron chi connectivity index (χ2n) is 7.60. The van der Waals surface area contributed by atoms with E-state index < -0.39 is 0 Å². The maximum atomic E-state index is 13.6. The molecular formula is C23H29FN4O2. The number of hydrogen-bond acceptors (Lipinski definition) is 4. The first-order valence-corrected chi connectivity index (χ1v) is 10.3. The molecule has 3 rings (SSSR count). The lowest BCUT2D eigenvalue weighted by molar-refractivity contribution is -0.125. The zero-order valence-corrected chi connectivity index (χ0v) is 17.4. The molecule has 1 aliphatic rings. The zero-order chi connectivity index (χ0) is 21.3. The molecule has 1 aliphatic heterocycles. The van der Waals surface area contributed by atoms with Gasteiger partial charge in [-0.05, 0) is 55.6 Å². The van der Waals surface area contributed by atoms with Crippen molar-refractivity contribution in [3.63, 3.8) is 0 Å². The topological polar surface area (TPSA) is 79.9 Å². The number of nitrogens with zero attached hydrogens (tertiary/aromatic N) is 2. The zero-order valence-electron chi connectivity index (χ0n) is 17.4. The summed E-state index contributed by atoms with van der Waals surface area (Å²) in [5.41, 5.74) is 9.28. The van der Waals surface area contributed by atoms with Crippen LogP contribution in [0, 0.1) is 12.7 Å². The highest BCUT2D eigenvalue weighted by Crippen LogP contribution is 2.16. The number of carbonyl (C=O) groups is 1. The number of benzene rings is 2. The Morgan fingerprint density at radius 3 is 2.73 bits per heavy atom. The summed E-state index contributed by atoms with van der Waals surface area (Å²) in [5, 5.41) is 6.60. The lowest BCUT2D eigenvalue weighted by atomic mass is 10.0. The third-order valence-electron chi connectivity index (χ3n) is 5.22. The van der Waals surface area contributed by atoms with Gasteiger partial charge < -0.3 is 15.9 Å². The van der Waals surface area contributed by atoms with Gasteiger partial charge in [0.05, 0.1) is 0 Å². The molecule has 1 heterocycles. The monoisotopic (exact) mass is 412 g/mol. The van der Waals surface area contributed by atoms with Crippen LogP contribution in [-0.2, 0) is 22.7 Å². The van der Waals surface area contributed by atoms with Gasteiger partial charge in [0.2, 0.25) is 0 Å². The van der Waals surface area contributed by atoms with Crippen LogP contribution in [-0.4, -0.2) is 36.3 Å². The maximum absolute atomic E-state index is 13.6. The van der Waals surface area contributed by atoms with E-state index in [9.17, 15) is 9.18 Å². The van der Waals surface area contributed by atoms with E-state index in [2.05, 4.69) is 15.4 Å². The molecule has 0 atom stereocenters. The molecule has 0 radical (unpaired) electrons. The van der Waals surface area contributed by atoms with Crippen LogP contribution in [0.2, 0.25) is 0 Å². The molecule has 6 nitrogen and oxygen atoms in total. The van der Waals surface area contributed by atoms with E-state index in [0.717, 1.165) is 30.8 Å². The largest absolute Gasteiger partial charge is 0.384 e. The Bertz CT molecular complexity index is 895. The summed E-state index contributed by atoms with van der Waals surface area (Å²) in [6.07, 6.45) is 3.73. The van der Waals surface area contributed by atoms with E-state index in [0.29, 0.717) is 11.1 Å². The average Bonchev–Trinajstić information content (AvgIpc) is 2.75. The molecule has 1 fully saturated rings. The number of hydrogen-bond donors (Lipinski definition) is 2. The SMILES string of the molecule is Cc1ccc(CNC(=O)CO/N=C(/N)c2ccccc2CN2CCCCC2)cc1F. The first-order valence-electron chi connectivity index (χ1n) is 10.3. The van der Waals surface area contributed by atoms with E-state index >= 15 is 0 Å². The first-order chi connectivity index (χ1) is 14.5. The fourth-order valence-electron chi connectivity index (χ4n) is 3.47. The van der Waals surface area contributed by atoms with E-state index in [1.165, 1.54) is 25.3 Å². The molecule has 0 aromatic heterocycles. The minimum absolute atomic E-state index is 0.220. The van der Waals surface area contributed by atoms with Gasteiger partial charge in [0.25, 0.3) is 5.91 Å². The Labute approximate surface area is 176 Å². The summed E-state index contributed by atoms with van der Waals surface area (Å²) in [6, 6.07) is 12.7. The lowest BCUT2D eigenvalue weighted by Crippen LogP contribution is -2.30. The van der Waals surface area contributed by atoms with Crippen molar-refractivity contribution in [2.75, 3.05) is 19.7 Å². The number of amides is 1. The van der Waals surface area contributed by atoms with Gasteiger partial charge >= 0.3 is 0 Å². The number of amidine groups is 1. The van der Waals surface area contributed by atoms with Crippen LogP contribution < -0.4 is 11.1 Å². The maximum Gasteiger partial charge on any atom is 0.261 e. The van der Waals surface area contributed by atoms with Gasteiger partial charge in [0, 0.05) is 18.7 Å². The van der Waals surface area contributed by atoms with Crippen molar-refractivity contribution in [3.8, 4) is 0 Å². The predicted octanol–water partition coefficient (Wildman–Crippen LogP) is 3.07. The molecule has 160 valence electrons. The summed E-state index contributed by atoms with van der Waals surface area (Å²) >= 11 is 0. The third-order valence-corrected chi connectivity index (χ3v) is 5.22. The highest BCUT2D eigenvalue weighted by atomic mass is 19.1. The molecule has 0 unspecified atom stereocenters. The minimum Gasteiger partial charge on any atom is -0.384 e. The van der Waals surface area contributed by atoms with Crippen LogP contribution in [0.5, 0.6) is 0 Å². The molecule has 2 aromatic carbocycles. The van der Waals surface area contributed by atoms with E-state index in [-0.39, 0.29) is 30.7 Å². The predicted molar refractivity (Wildman–Crippen MR) is 115 cm³/mol. The Hall–Kier alpha value is -2.93. The van der Waals surface area contributed by atoms with Crippen LogP contribution in [0.15, 0.2) is 47.6 Å². The highest BCUT2D eigenvalue weighted by Gasteiger charge is 2.14. The van der Waals surface area contributed by atoms with Crippen LogP contribution >= 0.6 is 0 Å². The van der Waals surface area contributed by atoms with E-state index in [4.69, 9.17) is 10.6 Å². The Kier molecular flexibility index (Phi) is 7.79. The van der Waals surface area contributed by atoms with Crippen molar-refractivity contribution in [2.45, 2.75) is 39.3 Å². The molecule has 7 heteroatoms. The number of likely N-dealkylation sites (tertiary alicyclic amines) is 1. The second kappa shape index (κ2) is 10.7. The lowest BCUT2D eigenvalue weighted by Gasteiger charge is -2.27. The van der Waals surface area contributed by atoms with Gasteiger partial charge in [-0.3, -0.25) is 9.69 Å². The molecule has 0 saturated carbocycles. The van der Waals surface area contributed by atoms with E-state index in [1.807, 2.05) is 24.3 Å². The summed E-state index contributed by atoms with van der Waals surface area (Å²) in [5.74, 6) is -0.399. The van der Waals surface area contributed by atoms with E-state index in [1.54, 1.807) is 19.1 Å². The molecule has 30 heavy (non-hydrogen) atoms. The molecule has 2 aromatic rings. The van der Waals surface area contributed by atoms with Gasteiger partial charge in [0.15, 0.2) is 12.4 Å². The number of rotatable bonds is 8. The molecule has 0 spiro atoms. The molecule has 1 saturated heterocycles. The summed E-state index contributed by atoms with van der Waals surface area (Å²) in [7, 11) is 0. The molecule has 3 N–H and O–H groups in total. The van der Waals surface area contributed by atoms with Crippen LogP contribution in [0.1, 0.15) is 41.5 Å². The van der Waals surface area contributed by atoms with Crippen molar-refractivity contribution in [3.05, 3.63) is 70.5 Å². The average molecular weight is 413 g/mol. The molecule has 0 aliphatic carbocycles. The highest BCUT2D eigenvalue weighted by molar-refractivity contribution is 5.98. The minimum atomic E-state index is -0.353. The third kappa shape index (κ3) is 6.29. The standard InChI is InChI=1S/C23H29FN4O2/c1-17-9-10-18(13-21(17)24)14-26-22(29)16-30-27-23(25)20-8-4-3-7-19(20)15-28-11-5-2-6-12-28/h3-4,7-10,13H,2,5-6,11-12,14-16H2,1H3,(H2,25,27)(H,26,29). The van der Waals surface area contributed by atoms with Crippen molar-refractivity contribution >= 4 is 11.7 Å². The number of nitrogens with two attached hydrogens (primary N) is 1. The number of piperidine rings is 1. The van der Waals surface area contributed by atoms with Gasteiger partial charge in [-0.15, -0.1) is 0 Å². The number of nitrogens with one attached hydrogen (secondary N) is 1. The second-order valence-corrected chi connectivity index (χ2v) is 7.60. The Balaban J connectivity index is 1.50. The summed E-state index contributed by atoms with van der Waals surface area (Å²) in [6.45, 7) is 4.65. The Morgan fingerprint density at radius 1 is 1.20 bits per heavy atom. The fourth-order valence-corrected chi connectivity index (χ4v) is 3.47. The normalized spacial score (nSPS) is 15.1. The number of aryl methyl sites for hydroxylation is 1. The Morgan fingerprint density at radius 2 is 1.97 bits per heavy atom. The number of oxime groups is 1. The molecular weight excluding hydrogens is 383 g/mol. The van der Waals surface area contributed by atoms with Crippen molar-refractivity contribution in [2.24, 2.45) is 10.9 Å². The van der Waals surface area contributed by atoms with Gasteiger partial charge in [0.1, 0.15) is 5.82 Å². The molecule has 1 amide bonds. The summed E-state index contributed by atoms with van der Waals surface area (Å²) < 4.78 is 13.6. The fraction of sp³-hybridized carbons (Fsp3) is 0.391. The van der Waals surface area contributed by atoms with Gasteiger partial charge in [-0.1, -0.05) is 48.0 Å². The van der Waals surface area contributed by atoms with Crippen molar-refractivity contribution in [1.82, 2.24) is 10.2 Å². The van der Waals surface area contributed by atoms with Crippen LogP contribution in [0.4, 0.5) is 4.39 Å². The number of carbonyl (C=O) groups excluding carboxylic acids is 1. The van der Waals surface area contributed by atoms with Crippen molar-refractivity contribution < 1.29 is 14.0 Å². The quantitative estimate of drug-likeness (QED) is 0.397.